The van der Waals surface area contributed by atoms with Crippen LogP contribution in [0.15, 0.2) is 24.3 Å². The predicted octanol–water partition coefficient (Wildman–Crippen LogP) is 3.84. The number of alkyl carbamates (subject to hydrolysis) is 1. The van der Waals surface area contributed by atoms with Gasteiger partial charge in [-0.15, -0.1) is 0 Å². The van der Waals surface area contributed by atoms with Crippen LogP contribution in [-0.4, -0.2) is 108 Å². The highest BCUT2D eigenvalue weighted by atomic mass is 16.6. The molecule has 0 spiro atoms. The summed E-state index contributed by atoms with van der Waals surface area (Å²) in [7, 11) is 2.44. The molecule has 17 heteroatoms. The van der Waals surface area contributed by atoms with Crippen LogP contribution in [0.4, 0.5) is 4.79 Å². The molecule has 0 aromatic heterocycles. The van der Waals surface area contributed by atoms with Crippen LogP contribution in [0.2, 0.25) is 0 Å². The summed E-state index contributed by atoms with van der Waals surface area (Å²) < 4.78 is 39.7. The van der Waals surface area contributed by atoms with Crippen molar-refractivity contribution in [2.75, 3.05) is 60.4 Å². The van der Waals surface area contributed by atoms with Gasteiger partial charge in [-0.25, -0.2) is 14.4 Å². The first-order chi connectivity index (χ1) is 25.7. The highest BCUT2D eigenvalue weighted by Gasteiger charge is 2.25. The van der Waals surface area contributed by atoms with Gasteiger partial charge in [0.1, 0.15) is 26.4 Å². The maximum absolute atomic E-state index is 12.4. The van der Waals surface area contributed by atoms with Crippen molar-refractivity contribution in [1.29, 1.82) is 0 Å². The zero-order valence-corrected chi connectivity index (χ0v) is 32.0. The number of ether oxygens (including phenoxy) is 8. The molecule has 2 atom stereocenters. The third-order valence-electron chi connectivity index (χ3n) is 7.48. The van der Waals surface area contributed by atoms with Crippen LogP contribution in [0.5, 0.6) is 0 Å². The van der Waals surface area contributed by atoms with Gasteiger partial charge in [-0.1, -0.05) is 32.4 Å². The Morgan fingerprint density at radius 3 is 1.41 bits per heavy atom. The number of nitrogens with one attached hydrogen (secondary N) is 1. The van der Waals surface area contributed by atoms with Crippen LogP contribution < -0.4 is 5.32 Å². The van der Waals surface area contributed by atoms with E-state index in [9.17, 15) is 38.4 Å². The number of methoxy groups -OCH3 is 2. The van der Waals surface area contributed by atoms with Gasteiger partial charge in [0.15, 0.2) is 0 Å². The molecule has 1 N–H and O–H groups in total. The Kier molecular flexibility index (Phi) is 27.7. The van der Waals surface area contributed by atoms with Crippen molar-refractivity contribution in [3.05, 3.63) is 24.3 Å². The van der Waals surface area contributed by atoms with Gasteiger partial charge >= 0.3 is 47.9 Å². The maximum atomic E-state index is 12.4. The minimum Gasteiger partial charge on any atom is -0.469 e. The highest BCUT2D eigenvalue weighted by molar-refractivity contribution is 5.87. The topological polar surface area (TPSA) is 222 Å². The fraction of sp³-hybridized carbons (Fsp3) is 0.676. The smallest absolute Gasteiger partial charge is 0.407 e. The molecule has 0 bridgehead atoms. The first kappa shape index (κ1) is 49.0. The first-order valence-electron chi connectivity index (χ1n) is 17.9. The highest BCUT2D eigenvalue weighted by Crippen LogP contribution is 2.18. The molecular weight excluding hydrogens is 714 g/mol. The zero-order chi connectivity index (χ0) is 40.7. The minimum absolute atomic E-state index is 0.118. The average Bonchev–Trinajstić information content (AvgIpc) is 3.14. The molecule has 17 nitrogen and oxygen atoms in total. The summed E-state index contributed by atoms with van der Waals surface area (Å²) in [6.07, 6.45) is 3.51. The molecule has 1 amide bonds. The van der Waals surface area contributed by atoms with Crippen molar-refractivity contribution < 1.29 is 76.3 Å². The third kappa shape index (κ3) is 25.9. The molecule has 306 valence electrons. The number of carbonyl (C=O) groups is 8. The lowest BCUT2D eigenvalue weighted by Gasteiger charge is -2.15. The second-order valence-corrected chi connectivity index (χ2v) is 12.2. The van der Waals surface area contributed by atoms with Gasteiger partial charge in [-0.3, -0.25) is 24.0 Å². The third-order valence-corrected chi connectivity index (χ3v) is 7.48. The molecular formula is C37H57NO16. The van der Waals surface area contributed by atoms with E-state index in [4.69, 9.17) is 28.4 Å². The van der Waals surface area contributed by atoms with Crippen molar-refractivity contribution in [3.63, 3.8) is 0 Å². The maximum Gasteiger partial charge on any atom is 0.407 e. The van der Waals surface area contributed by atoms with E-state index >= 15 is 0 Å². The lowest BCUT2D eigenvalue weighted by Crippen LogP contribution is -2.26. The molecule has 0 radical (unpaired) electrons. The number of hydrogen-bond donors (Lipinski definition) is 1. The summed E-state index contributed by atoms with van der Waals surface area (Å²) >= 11 is 0. The Bertz CT molecular complexity index is 1150. The van der Waals surface area contributed by atoms with Gasteiger partial charge < -0.3 is 43.2 Å². The van der Waals surface area contributed by atoms with E-state index in [0.29, 0.717) is 57.8 Å². The summed E-state index contributed by atoms with van der Waals surface area (Å²) in [5.41, 5.74) is 0.436. The van der Waals surface area contributed by atoms with E-state index in [1.807, 2.05) is 0 Å². The van der Waals surface area contributed by atoms with Crippen molar-refractivity contribution in [3.8, 4) is 0 Å². The van der Waals surface area contributed by atoms with E-state index in [-0.39, 0.29) is 82.6 Å². The van der Waals surface area contributed by atoms with Gasteiger partial charge in [0.2, 0.25) is 0 Å². The van der Waals surface area contributed by atoms with Crippen molar-refractivity contribution in [2.24, 2.45) is 11.8 Å². The molecule has 0 aliphatic carbocycles. The zero-order valence-electron chi connectivity index (χ0n) is 32.0. The number of hydrogen-bond acceptors (Lipinski definition) is 16. The molecule has 54 heavy (non-hydrogen) atoms. The largest absolute Gasteiger partial charge is 0.469 e. The number of amides is 1. The van der Waals surface area contributed by atoms with E-state index in [0.717, 1.165) is 0 Å². The summed E-state index contributed by atoms with van der Waals surface area (Å²) in [5, 5.41) is 2.61. The Balaban J connectivity index is 4.14. The van der Waals surface area contributed by atoms with E-state index in [1.54, 1.807) is 0 Å². The van der Waals surface area contributed by atoms with Gasteiger partial charge in [-0.05, 0) is 52.4 Å². The Labute approximate surface area is 316 Å². The fourth-order valence-corrected chi connectivity index (χ4v) is 4.43. The van der Waals surface area contributed by atoms with Crippen LogP contribution >= 0.6 is 0 Å². The average molecular weight is 772 g/mol. The normalized spacial score (nSPS) is 11.5. The molecule has 0 aromatic carbocycles. The van der Waals surface area contributed by atoms with Crippen molar-refractivity contribution >= 4 is 47.9 Å². The SMILES string of the molecule is C=C(C)C(=O)OCCOC(=O)C(CCCCCC(=O)OCCCCOC(=O)NCCCCC(CC(=O)OC)C(=O)OCCOC(=O)C(=C)C)CC(=O)OC. The van der Waals surface area contributed by atoms with E-state index < -0.39 is 53.7 Å². The summed E-state index contributed by atoms with van der Waals surface area (Å²) in [6, 6.07) is 0. The van der Waals surface area contributed by atoms with Crippen LogP contribution in [0.3, 0.4) is 0 Å². The molecule has 0 aliphatic heterocycles. The Morgan fingerprint density at radius 1 is 0.500 bits per heavy atom. The van der Waals surface area contributed by atoms with Crippen LogP contribution in [0.1, 0.15) is 90.9 Å². The monoisotopic (exact) mass is 771 g/mol. The number of unbranched alkanes of at least 4 members (excludes halogenated alkanes) is 4. The Morgan fingerprint density at radius 2 is 0.944 bits per heavy atom. The van der Waals surface area contributed by atoms with E-state index in [1.165, 1.54) is 28.1 Å². The molecule has 0 rings (SSSR count). The van der Waals surface area contributed by atoms with Crippen molar-refractivity contribution in [1.82, 2.24) is 5.32 Å². The lowest BCUT2D eigenvalue weighted by atomic mass is 9.97. The number of rotatable bonds is 30. The van der Waals surface area contributed by atoms with Crippen LogP contribution in [0.25, 0.3) is 0 Å². The van der Waals surface area contributed by atoms with Gasteiger partial charge in [0.25, 0.3) is 0 Å². The van der Waals surface area contributed by atoms with Crippen LogP contribution in [0, 0.1) is 11.8 Å². The molecule has 0 heterocycles. The minimum atomic E-state index is -0.759. The van der Waals surface area contributed by atoms with Gasteiger partial charge in [0, 0.05) is 24.1 Å². The quantitative estimate of drug-likeness (QED) is 0.0474. The molecule has 0 saturated heterocycles. The fourth-order valence-electron chi connectivity index (χ4n) is 4.43. The molecule has 0 fully saturated rings. The second kappa shape index (κ2) is 30.5. The molecule has 0 saturated carbocycles. The van der Waals surface area contributed by atoms with Gasteiger partial charge in [-0.2, -0.15) is 0 Å². The standard InChI is InChI=1S/C37H57NO16/c1-26(2)33(42)50-20-22-52-35(44)28(24-31(40)47-5)14-8-7-9-16-30(39)49-18-12-13-19-54-37(46)38-17-11-10-15-29(25-32(41)48-6)36(45)53-23-21-51-34(43)27(3)4/h28-29H,1,3,7-25H2,2,4-6H3,(H,38,46). The second-order valence-electron chi connectivity index (χ2n) is 12.2. The summed E-state index contributed by atoms with van der Waals surface area (Å²) in [5.74, 6) is -5.43. The summed E-state index contributed by atoms with van der Waals surface area (Å²) in [6.45, 7) is 9.85. The number of carbonyl (C=O) groups excluding carboxylic acids is 8. The van der Waals surface area contributed by atoms with Crippen LogP contribution in [-0.2, 0) is 71.5 Å². The van der Waals surface area contributed by atoms with Gasteiger partial charge in [0.05, 0.1) is 52.1 Å². The lowest BCUT2D eigenvalue weighted by molar-refractivity contribution is -0.157. The molecule has 0 aliphatic rings. The first-order valence-corrected chi connectivity index (χ1v) is 17.9. The molecule has 0 aromatic rings. The van der Waals surface area contributed by atoms with E-state index in [2.05, 4.69) is 27.9 Å². The molecule has 2 unspecified atom stereocenters. The van der Waals surface area contributed by atoms with Crippen molar-refractivity contribution in [2.45, 2.75) is 90.9 Å². The Hall–Kier alpha value is -4.96. The summed E-state index contributed by atoms with van der Waals surface area (Å²) in [4.78, 5) is 95.2. The number of esters is 7. The predicted molar refractivity (Wildman–Crippen MR) is 190 cm³/mol.